The van der Waals surface area contributed by atoms with Gasteiger partial charge in [0, 0.05) is 11.7 Å². The molecular weight excluding hydrogens is 404 g/mol. The molecule has 3 aliphatic rings. The van der Waals surface area contributed by atoms with Crippen molar-refractivity contribution < 1.29 is 15.3 Å². The first kappa shape index (κ1) is 24.4. The van der Waals surface area contributed by atoms with Crippen molar-refractivity contribution in [1.82, 2.24) is 0 Å². The van der Waals surface area contributed by atoms with Gasteiger partial charge in [0.1, 0.15) is 5.60 Å². The number of allylic oxidation sites excluding steroid dienone is 4. The Labute approximate surface area is 192 Å². The minimum absolute atomic E-state index is 0.182. The molecule has 3 rings (SSSR count). The van der Waals surface area contributed by atoms with E-state index in [0.717, 1.165) is 29.7 Å². The number of fused-ring (bicyclic) bond motifs is 1. The number of hydrogen-bond donors (Lipinski definition) is 3. The van der Waals surface area contributed by atoms with Gasteiger partial charge >= 0.3 is 0 Å². The lowest BCUT2D eigenvalue weighted by molar-refractivity contribution is 0.0862. The van der Waals surface area contributed by atoms with E-state index < -0.39 is 17.8 Å². The molecule has 4 heteroatoms. The highest BCUT2D eigenvalue weighted by atomic mass is 32.2. The van der Waals surface area contributed by atoms with E-state index >= 15 is 0 Å². The maximum Gasteiger partial charge on any atom is 0.119 e. The molecule has 0 unspecified atom stereocenters. The summed E-state index contributed by atoms with van der Waals surface area (Å²) >= 11 is 1.86. The highest BCUT2D eigenvalue weighted by Gasteiger charge is 2.46. The molecule has 0 bridgehead atoms. The predicted octanol–water partition coefficient (Wildman–Crippen LogP) is 4.94. The minimum Gasteiger partial charge on any atom is -0.393 e. The van der Waals surface area contributed by atoms with Crippen molar-refractivity contribution in [3.63, 3.8) is 0 Å². The van der Waals surface area contributed by atoms with Crippen LogP contribution in [-0.4, -0.2) is 44.1 Å². The van der Waals surface area contributed by atoms with Crippen molar-refractivity contribution in [3.05, 3.63) is 47.1 Å². The van der Waals surface area contributed by atoms with Gasteiger partial charge < -0.3 is 15.3 Å². The molecule has 0 aliphatic heterocycles. The van der Waals surface area contributed by atoms with Crippen LogP contribution in [0.5, 0.6) is 0 Å². The van der Waals surface area contributed by atoms with Crippen LogP contribution in [0.3, 0.4) is 0 Å². The molecule has 0 aromatic heterocycles. The van der Waals surface area contributed by atoms with Crippen LogP contribution < -0.4 is 0 Å². The molecule has 0 heterocycles. The fourth-order valence-corrected chi connectivity index (χ4v) is 6.41. The summed E-state index contributed by atoms with van der Waals surface area (Å²) in [6.07, 6.45) is 11.2. The average Bonchev–Trinajstić information content (AvgIpc) is 3.03. The van der Waals surface area contributed by atoms with Gasteiger partial charge in [-0.15, -0.1) is 11.8 Å². The van der Waals surface area contributed by atoms with Gasteiger partial charge in [-0.3, -0.25) is 0 Å². The Bertz CT molecular complexity index is 848. The number of rotatable bonds is 4. The second kappa shape index (κ2) is 9.71. The lowest BCUT2D eigenvalue weighted by Crippen LogP contribution is -2.33. The Balaban J connectivity index is 1.71. The summed E-state index contributed by atoms with van der Waals surface area (Å²) in [5, 5.41) is 30.3. The summed E-state index contributed by atoms with van der Waals surface area (Å²) in [5.74, 6) is 7.26. The highest BCUT2D eigenvalue weighted by molar-refractivity contribution is 8.00. The first-order valence-corrected chi connectivity index (χ1v) is 12.6. The highest BCUT2D eigenvalue weighted by Crippen LogP contribution is 2.56. The Morgan fingerprint density at radius 1 is 1.35 bits per heavy atom. The van der Waals surface area contributed by atoms with Gasteiger partial charge in [-0.2, -0.15) is 0 Å². The molecule has 2 saturated carbocycles. The van der Waals surface area contributed by atoms with E-state index in [1.54, 1.807) is 19.4 Å². The summed E-state index contributed by atoms with van der Waals surface area (Å²) in [4.78, 5) is 0. The van der Waals surface area contributed by atoms with Crippen LogP contribution in [0.2, 0.25) is 0 Å². The maximum absolute atomic E-state index is 10.1. The molecule has 2 fully saturated rings. The molecule has 0 aromatic rings. The van der Waals surface area contributed by atoms with Gasteiger partial charge in [-0.1, -0.05) is 54.7 Å². The third kappa shape index (κ3) is 5.76. The Kier molecular flexibility index (Phi) is 7.64. The van der Waals surface area contributed by atoms with E-state index in [1.165, 1.54) is 18.4 Å². The third-order valence-electron chi connectivity index (χ3n) is 7.11. The van der Waals surface area contributed by atoms with Crippen molar-refractivity contribution in [2.75, 3.05) is 5.75 Å². The van der Waals surface area contributed by atoms with Gasteiger partial charge in [-0.25, -0.2) is 0 Å². The molecule has 0 aromatic carbocycles. The van der Waals surface area contributed by atoms with Crippen molar-refractivity contribution in [2.24, 2.45) is 11.3 Å². The van der Waals surface area contributed by atoms with Crippen LogP contribution in [0, 0.1) is 23.2 Å². The molecule has 3 nitrogen and oxygen atoms in total. The first-order valence-electron chi connectivity index (χ1n) is 11.5. The van der Waals surface area contributed by atoms with Crippen molar-refractivity contribution >= 4 is 11.8 Å². The zero-order chi connectivity index (χ0) is 22.8. The van der Waals surface area contributed by atoms with Crippen LogP contribution in [-0.2, 0) is 0 Å². The van der Waals surface area contributed by atoms with Crippen LogP contribution in [0.1, 0.15) is 66.2 Å². The molecule has 0 amide bonds. The molecule has 0 saturated heterocycles. The van der Waals surface area contributed by atoms with E-state index in [0.29, 0.717) is 24.0 Å². The van der Waals surface area contributed by atoms with Gasteiger partial charge in [-0.05, 0) is 75.4 Å². The molecule has 0 radical (unpaired) electrons. The summed E-state index contributed by atoms with van der Waals surface area (Å²) in [7, 11) is 0. The zero-order valence-electron chi connectivity index (χ0n) is 19.4. The molecular formula is C27H38O3S. The number of hydrogen-bond acceptors (Lipinski definition) is 4. The number of aliphatic hydroxyl groups excluding tert-OH is 2. The molecule has 31 heavy (non-hydrogen) atoms. The van der Waals surface area contributed by atoms with Crippen LogP contribution >= 0.6 is 11.8 Å². The van der Waals surface area contributed by atoms with Crippen molar-refractivity contribution in [3.8, 4) is 11.8 Å². The SMILES string of the molecule is C=C1C(=CC=C2CCC[C@]3(C)C([C@@H](C)SCC#CC(C)(C)O)=CC[C@@H]23)C[C@@H](O)C[C@@H]1O. The number of thioether (sulfide) groups is 1. The fraction of sp³-hybridized carbons (Fsp3) is 0.630. The van der Waals surface area contributed by atoms with Crippen molar-refractivity contribution in [1.29, 1.82) is 0 Å². The van der Waals surface area contributed by atoms with Crippen LogP contribution in [0.4, 0.5) is 0 Å². The van der Waals surface area contributed by atoms with E-state index in [-0.39, 0.29) is 5.41 Å². The predicted molar refractivity (Wildman–Crippen MR) is 131 cm³/mol. The number of aliphatic hydroxyl groups is 3. The zero-order valence-corrected chi connectivity index (χ0v) is 20.3. The van der Waals surface area contributed by atoms with E-state index in [2.05, 4.69) is 50.5 Å². The molecule has 170 valence electrons. The summed E-state index contributed by atoms with van der Waals surface area (Å²) in [6, 6.07) is 0. The lowest BCUT2D eigenvalue weighted by atomic mass is 9.64. The quantitative estimate of drug-likeness (QED) is 0.426. The summed E-state index contributed by atoms with van der Waals surface area (Å²) < 4.78 is 0. The standard InChI is InChI=1S/C27H38O3S/c1-18-21(16-22(28)17-25(18)29)10-9-20-8-6-14-27(5)23(11-12-24(20)27)19(2)31-15-7-13-26(3,4)30/h9-11,19,22,24-25,28-30H,1,6,8,12,14-17H2,2-5H3/t19-,22-,24+,25+,27-/m1/s1. The first-order chi connectivity index (χ1) is 14.5. The van der Waals surface area contributed by atoms with E-state index in [4.69, 9.17) is 0 Å². The second-order valence-corrected chi connectivity index (χ2v) is 11.4. The normalized spacial score (nSPS) is 34.9. The fourth-order valence-electron chi connectivity index (χ4n) is 5.46. The van der Waals surface area contributed by atoms with Gasteiger partial charge in [0.2, 0.25) is 0 Å². The van der Waals surface area contributed by atoms with Crippen LogP contribution in [0.15, 0.2) is 47.1 Å². The monoisotopic (exact) mass is 442 g/mol. The van der Waals surface area contributed by atoms with Gasteiger partial charge in [0.25, 0.3) is 0 Å². The average molecular weight is 443 g/mol. The van der Waals surface area contributed by atoms with Gasteiger partial charge in [0.05, 0.1) is 18.0 Å². The molecule has 5 atom stereocenters. The van der Waals surface area contributed by atoms with E-state index in [1.807, 2.05) is 11.8 Å². The lowest BCUT2D eigenvalue weighted by Gasteiger charge is -2.42. The smallest absolute Gasteiger partial charge is 0.119 e. The molecule has 0 spiro atoms. The Hall–Kier alpha value is -1.25. The topological polar surface area (TPSA) is 60.7 Å². The van der Waals surface area contributed by atoms with Gasteiger partial charge in [0.15, 0.2) is 0 Å². The van der Waals surface area contributed by atoms with Crippen LogP contribution in [0.25, 0.3) is 0 Å². The molecule has 3 aliphatic carbocycles. The Morgan fingerprint density at radius 2 is 2.10 bits per heavy atom. The second-order valence-electron chi connectivity index (χ2n) is 10.1. The summed E-state index contributed by atoms with van der Waals surface area (Å²) in [6.45, 7) is 12.2. The Morgan fingerprint density at radius 3 is 2.81 bits per heavy atom. The summed E-state index contributed by atoms with van der Waals surface area (Å²) in [5.41, 5.74) is 4.00. The molecule has 3 N–H and O–H groups in total. The third-order valence-corrected chi connectivity index (χ3v) is 8.18. The van der Waals surface area contributed by atoms with E-state index in [9.17, 15) is 15.3 Å². The van der Waals surface area contributed by atoms with Crippen molar-refractivity contribution in [2.45, 2.75) is 89.3 Å². The minimum atomic E-state index is -0.930. The largest absolute Gasteiger partial charge is 0.393 e. The maximum atomic E-state index is 10.1.